The van der Waals surface area contributed by atoms with Crippen LogP contribution in [0.4, 0.5) is 0 Å². The molecule has 2 aliphatic rings. The maximum Gasteiger partial charge on any atom is 0.326 e. The minimum atomic E-state index is -3.38. The lowest BCUT2D eigenvalue weighted by atomic mass is 9.84. The first-order chi connectivity index (χ1) is 20.5. The number of carboxylic acids is 1. The second kappa shape index (κ2) is 15.3. The average Bonchev–Trinajstić information content (AvgIpc) is 3.35. The predicted molar refractivity (Wildman–Crippen MR) is 170 cm³/mol. The number of ether oxygens (including phenoxy) is 1. The summed E-state index contributed by atoms with van der Waals surface area (Å²) in [5, 5.41) is 12.2. The summed E-state index contributed by atoms with van der Waals surface area (Å²) in [6.45, 7) is 4.45. The lowest BCUT2D eigenvalue weighted by Crippen LogP contribution is -2.42. The van der Waals surface area contributed by atoms with Crippen molar-refractivity contribution in [3.63, 3.8) is 0 Å². The second-order valence-corrected chi connectivity index (χ2v) is 15.0. The van der Waals surface area contributed by atoms with Gasteiger partial charge in [0, 0.05) is 38.1 Å². The van der Waals surface area contributed by atoms with Gasteiger partial charge in [-0.25, -0.2) is 13.2 Å². The van der Waals surface area contributed by atoms with E-state index in [1.165, 1.54) is 44.9 Å². The first-order valence-electron chi connectivity index (χ1n) is 15.7. The zero-order chi connectivity index (χ0) is 31.0. The first-order valence-corrected chi connectivity index (χ1v) is 17.7. The maximum absolute atomic E-state index is 13.5. The Labute approximate surface area is 257 Å². The van der Waals surface area contributed by atoms with Crippen molar-refractivity contribution in [2.75, 3.05) is 32.3 Å². The van der Waals surface area contributed by atoms with E-state index in [2.05, 4.69) is 10.2 Å². The van der Waals surface area contributed by atoms with Gasteiger partial charge in [0.25, 0.3) is 5.91 Å². The third-order valence-corrected chi connectivity index (χ3v) is 10.2. The Morgan fingerprint density at radius 1 is 1.05 bits per heavy atom. The largest absolute Gasteiger partial charge is 0.480 e. The molecular weight excluding hydrogens is 564 g/mol. The smallest absolute Gasteiger partial charge is 0.326 e. The molecule has 236 valence electrons. The molecule has 8 nitrogen and oxygen atoms in total. The number of methoxy groups -OCH3 is 1. The van der Waals surface area contributed by atoms with Crippen molar-refractivity contribution in [2.24, 2.45) is 11.8 Å². The number of nitrogens with one attached hydrogen (secondary N) is 1. The van der Waals surface area contributed by atoms with E-state index < -0.39 is 27.8 Å². The van der Waals surface area contributed by atoms with E-state index in [1.807, 2.05) is 43.3 Å². The minimum absolute atomic E-state index is 0.199. The van der Waals surface area contributed by atoms with Crippen LogP contribution in [-0.2, 0) is 25.9 Å². The van der Waals surface area contributed by atoms with Gasteiger partial charge in [-0.2, -0.15) is 0 Å². The van der Waals surface area contributed by atoms with E-state index in [0.717, 1.165) is 53.9 Å². The molecule has 9 heteroatoms. The van der Waals surface area contributed by atoms with Crippen LogP contribution in [0.25, 0.3) is 11.1 Å². The first kappa shape index (κ1) is 33.1. The van der Waals surface area contributed by atoms with Gasteiger partial charge in [0.1, 0.15) is 15.9 Å². The van der Waals surface area contributed by atoms with Crippen LogP contribution in [0.2, 0.25) is 0 Å². The van der Waals surface area contributed by atoms with E-state index in [1.54, 1.807) is 13.2 Å². The molecule has 1 aliphatic carbocycles. The van der Waals surface area contributed by atoms with Gasteiger partial charge in [0.15, 0.2) is 0 Å². The zero-order valence-corrected chi connectivity index (χ0v) is 26.7. The number of carbonyl (C=O) groups is 2. The highest BCUT2D eigenvalue weighted by molar-refractivity contribution is 7.90. The van der Waals surface area contributed by atoms with Gasteiger partial charge in [-0.15, -0.1) is 0 Å². The lowest BCUT2D eigenvalue weighted by Gasteiger charge is -2.25. The minimum Gasteiger partial charge on any atom is -0.480 e. The number of carbonyl (C=O) groups excluding carboxylic acids is 1. The Morgan fingerprint density at radius 3 is 2.44 bits per heavy atom. The molecule has 2 aromatic rings. The Hall–Kier alpha value is -2.75. The van der Waals surface area contributed by atoms with E-state index in [9.17, 15) is 23.1 Å². The van der Waals surface area contributed by atoms with Crippen LogP contribution < -0.4 is 5.32 Å². The van der Waals surface area contributed by atoms with Crippen LogP contribution in [0.3, 0.4) is 0 Å². The number of nitrogens with zero attached hydrogens (tertiary/aromatic N) is 1. The molecule has 2 fully saturated rings. The molecule has 0 spiro atoms. The van der Waals surface area contributed by atoms with Crippen LogP contribution in [0.1, 0.15) is 79.3 Å². The van der Waals surface area contributed by atoms with E-state index in [4.69, 9.17) is 4.74 Å². The summed E-state index contributed by atoms with van der Waals surface area (Å²) >= 11 is 0. The molecule has 1 amide bonds. The van der Waals surface area contributed by atoms with Crippen molar-refractivity contribution in [3.8, 4) is 11.1 Å². The molecule has 0 radical (unpaired) electrons. The molecule has 0 bridgehead atoms. The van der Waals surface area contributed by atoms with Crippen LogP contribution in [0.5, 0.6) is 0 Å². The molecule has 1 aliphatic heterocycles. The van der Waals surface area contributed by atoms with Gasteiger partial charge in [-0.1, -0.05) is 68.9 Å². The fourth-order valence-corrected chi connectivity index (χ4v) is 7.51. The van der Waals surface area contributed by atoms with E-state index in [-0.39, 0.29) is 12.2 Å². The number of benzene rings is 2. The van der Waals surface area contributed by atoms with Crippen molar-refractivity contribution in [2.45, 2.75) is 83.3 Å². The van der Waals surface area contributed by atoms with Gasteiger partial charge in [0.05, 0.1) is 12.4 Å². The SMILES string of the molecule is COC[C@@H]1C[C@H](CCC2CCCCC2)CN1Cc1ccc(C(=O)N[C@@H](CCS(C)(=O)=O)C(=O)O)c(-c2ccccc2C)c1. The Morgan fingerprint density at radius 2 is 1.77 bits per heavy atom. The van der Waals surface area contributed by atoms with Crippen LogP contribution in [0.15, 0.2) is 42.5 Å². The summed E-state index contributed by atoms with van der Waals surface area (Å²) in [6.07, 6.45) is 11.5. The molecule has 1 saturated heterocycles. The number of rotatable bonds is 14. The highest BCUT2D eigenvalue weighted by atomic mass is 32.2. The topological polar surface area (TPSA) is 113 Å². The van der Waals surface area contributed by atoms with Crippen molar-refractivity contribution < 1.29 is 27.9 Å². The zero-order valence-electron chi connectivity index (χ0n) is 25.9. The number of likely N-dealkylation sites (tertiary alicyclic amines) is 1. The molecular formula is C34H48N2O6S. The Balaban J connectivity index is 1.54. The van der Waals surface area contributed by atoms with Crippen LogP contribution >= 0.6 is 0 Å². The van der Waals surface area contributed by atoms with Gasteiger partial charge in [-0.05, 0) is 72.4 Å². The summed E-state index contributed by atoms with van der Waals surface area (Å²) in [5.41, 5.74) is 4.08. The lowest BCUT2D eigenvalue weighted by molar-refractivity contribution is -0.139. The maximum atomic E-state index is 13.5. The van der Waals surface area contributed by atoms with Gasteiger partial charge < -0.3 is 15.2 Å². The number of aryl methyl sites for hydroxylation is 1. The van der Waals surface area contributed by atoms with Crippen LogP contribution in [0, 0.1) is 18.8 Å². The molecule has 43 heavy (non-hydrogen) atoms. The molecule has 0 aromatic heterocycles. The molecule has 4 rings (SSSR count). The van der Waals surface area contributed by atoms with E-state index >= 15 is 0 Å². The summed E-state index contributed by atoms with van der Waals surface area (Å²) in [5.74, 6) is -0.586. The van der Waals surface area contributed by atoms with Gasteiger partial charge in [-0.3, -0.25) is 9.69 Å². The monoisotopic (exact) mass is 612 g/mol. The quantitative estimate of drug-likeness (QED) is 0.291. The van der Waals surface area contributed by atoms with Crippen molar-refractivity contribution in [1.82, 2.24) is 10.2 Å². The number of hydrogen-bond donors (Lipinski definition) is 2. The number of aliphatic carboxylic acids is 1. The average molecular weight is 613 g/mol. The molecule has 1 heterocycles. The van der Waals surface area contributed by atoms with E-state index in [0.29, 0.717) is 24.1 Å². The number of sulfone groups is 1. The summed E-state index contributed by atoms with van der Waals surface area (Å²) in [4.78, 5) is 27.8. The van der Waals surface area contributed by atoms with Gasteiger partial charge in [0.2, 0.25) is 0 Å². The van der Waals surface area contributed by atoms with Crippen LogP contribution in [-0.4, -0.2) is 74.7 Å². The molecule has 3 atom stereocenters. The molecule has 2 N–H and O–H groups in total. The summed E-state index contributed by atoms with van der Waals surface area (Å²) < 4.78 is 28.9. The molecule has 1 saturated carbocycles. The summed E-state index contributed by atoms with van der Waals surface area (Å²) in [6, 6.07) is 12.6. The molecule has 0 unspecified atom stereocenters. The number of amides is 1. The number of carboxylic acid groups (broad SMARTS) is 1. The third-order valence-electron chi connectivity index (χ3n) is 9.21. The fourth-order valence-electron chi connectivity index (χ4n) is 6.85. The number of hydrogen-bond acceptors (Lipinski definition) is 6. The normalized spacial score (nSPS) is 20.6. The van der Waals surface area contributed by atoms with Gasteiger partial charge >= 0.3 is 5.97 Å². The standard InChI is InChI=1S/C34H48N2O6S/c1-24-9-7-8-12-29(24)31-20-27(15-16-30(31)33(37)35-32(34(38)39)17-18-43(3,40)41)22-36-21-26(19-28(36)23-42-2)14-13-25-10-5-4-6-11-25/h7-9,12,15-16,20,25-26,28,32H,4-6,10-11,13-14,17-19,21-23H2,1-3H3,(H,35,37)(H,38,39)/t26-,28-,32-/m0/s1. The Bertz CT molecular complexity index is 1350. The summed E-state index contributed by atoms with van der Waals surface area (Å²) in [7, 11) is -1.62. The highest BCUT2D eigenvalue weighted by Gasteiger charge is 2.33. The fraction of sp³-hybridized carbons (Fsp3) is 0.588. The molecule has 2 aromatic carbocycles. The Kier molecular flexibility index (Phi) is 11.8. The van der Waals surface area contributed by atoms with Crippen molar-refractivity contribution >= 4 is 21.7 Å². The predicted octanol–water partition coefficient (Wildman–Crippen LogP) is 5.48. The highest BCUT2D eigenvalue weighted by Crippen LogP contribution is 2.35. The second-order valence-electron chi connectivity index (χ2n) is 12.7. The third kappa shape index (κ3) is 9.62. The van der Waals surface area contributed by atoms with Crippen molar-refractivity contribution in [1.29, 1.82) is 0 Å². The van der Waals surface area contributed by atoms with Crippen molar-refractivity contribution in [3.05, 3.63) is 59.2 Å².